The van der Waals surface area contributed by atoms with Gasteiger partial charge in [0.15, 0.2) is 6.10 Å². The Hall–Kier alpha value is -2.49. The fourth-order valence-electron chi connectivity index (χ4n) is 6.37. The SMILES string of the molecule is CC/C=C\C/C=C\C/C=C\C/C=C\C=C\C(O)CCCC(=O)O[C@H](COC(=O)CCCCCCCCCCCCCCC)COP(=O)(O)OC1[C@H](O)[C@H](O)C(O)[C@H](O)[C@H]1O. The molecule has 14 nitrogen and oxygen atoms in total. The molecule has 9 atom stereocenters. The minimum absolute atomic E-state index is 0.126. The quantitative estimate of drug-likeness (QED) is 0.0110. The van der Waals surface area contributed by atoms with Gasteiger partial charge < -0.3 is 45.0 Å². The summed E-state index contributed by atoms with van der Waals surface area (Å²) < 4.78 is 33.3. The topological polar surface area (TPSA) is 230 Å². The number of hydrogen-bond donors (Lipinski definition) is 7. The summed E-state index contributed by atoms with van der Waals surface area (Å²) in [4.78, 5) is 35.6. The summed E-state index contributed by atoms with van der Waals surface area (Å²) in [5.41, 5.74) is 0. The van der Waals surface area contributed by atoms with Gasteiger partial charge in [0, 0.05) is 12.8 Å². The van der Waals surface area contributed by atoms with Crippen LogP contribution in [0.25, 0.3) is 0 Å². The van der Waals surface area contributed by atoms with E-state index in [2.05, 4.69) is 50.3 Å². The van der Waals surface area contributed by atoms with Crippen molar-refractivity contribution in [1.82, 2.24) is 0 Å². The molecule has 0 saturated heterocycles. The number of aliphatic hydroxyl groups is 6. The van der Waals surface area contributed by atoms with Crippen LogP contribution in [0, 0.1) is 0 Å². The van der Waals surface area contributed by atoms with E-state index in [1.807, 2.05) is 12.2 Å². The second kappa shape index (κ2) is 35.0. The average Bonchev–Trinajstić information content (AvgIpc) is 3.22. The molecule has 1 aliphatic rings. The molecule has 4 unspecified atom stereocenters. The zero-order valence-corrected chi connectivity index (χ0v) is 37.0. The fraction of sp³-hybridized carbons (Fsp3) is 0.733. The number of aliphatic hydroxyl groups excluding tert-OH is 6. The highest BCUT2D eigenvalue weighted by atomic mass is 31.2. The standard InChI is InChI=1S/C45H77O14P/c1-3-5-7-9-11-13-15-17-19-21-23-25-27-30-36(46)31-29-33-39(48)58-37(35-57-60(54,55)59-45-43(52)41(50)40(49)42(51)44(45)53)34-56-38(47)32-28-26-24-22-20-18-16-14-12-10-8-6-4-2/h5,7,11,13,17,19,23,25,27,30,36-37,40-46,49-53H,3-4,6,8-10,12,14-16,18,20-22,24,26,28-29,31-35H2,1-2H3,(H,54,55)/b7-5-,13-11-,19-17-,25-23-,30-27+/t36?,37-,40?,41-,42+,43-,44-,45?/m1/s1. The van der Waals surface area contributed by atoms with E-state index in [0.29, 0.717) is 6.42 Å². The minimum atomic E-state index is -5.17. The maximum absolute atomic E-state index is 12.8. The van der Waals surface area contributed by atoms with Crippen LogP contribution in [-0.2, 0) is 32.7 Å². The van der Waals surface area contributed by atoms with Gasteiger partial charge in [-0.25, -0.2) is 4.57 Å². The van der Waals surface area contributed by atoms with E-state index in [1.54, 1.807) is 12.2 Å². The van der Waals surface area contributed by atoms with Gasteiger partial charge in [-0.05, 0) is 44.9 Å². The van der Waals surface area contributed by atoms with Gasteiger partial charge >= 0.3 is 19.8 Å². The van der Waals surface area contributed by atoms with Crippen molar-refractivity contribution in [1.29, 1.82) is 0 Å². The summed E-state index contributed by atoms with van der Waals surface area (Å²) in [6.45, 7) is 3.00. The van der Waals surface area contributed by atoms with Crippen LogP contribution in [0.3, 0.4) is 0 Å². The molecule has 0 heterocycles. The molecule has 0 aromatic rings. The molecule has 0 aromatic carbocycles. The summed E-state index contributed by atoms with van der Waals surface area (Å²) in [5, 5.41) is 60.4. The first kappa shape index (κ1) is 55.5. The summed E-state index contributed by atoms with van der Waals surface area (Å²) in [7, 11) is -5.17. The van der Waals surface area contributed by atoms with Gasteiger partial charge in [-0.15, -0.1) is 0 Å². The third kappa shape index (κ3) is 27.5. The summed E-state index contributed by atoms with van der Waals surface area (Å²) >= 11 is 0. The molecule has 1 saturated carbocycles. The molecule has 7 N–H and O–H groups in total. The lowest BCUT2D eigenvalue weighted by atomic mass is 9.85. The van der Waals surface area contributed by atoms with Gasteiger partial charge in [0.25, 0.3) is 0 Å². The summed E-state index contributed by atoms with van der Waals surface area (Å²) in [6, 6.07) is 0. The summed E-state index contributed by atoms with van der Waals surface area (Å²) in [5.74, 6) is -1.31. The molecule has 0 aromatic heterocycles. The molecular formula is C45H77O14P. The largest absolute Gasteiger partial charge is 0.472 e. The molecule has 0 radical (unpaired) electrons. The zero-order chi connectivity index (χ0) is 44.4. The van der Waals surface area contributed by atoms with E-state index in [-0.39, 0.29) is 25.7 Å². The van der Waals surface area contributed by atoms with E-state index < -0.39 is 81.8 Å². The second-order valence-electron chi connectivity index (χ2n) is 15.4. The monoisotopic (exact) mass is 873 g/mol. The maximum atomic E-state index is 12.8. The predicted molar refractivity (Wildman–Crippen MR) is 232 cm³/mol. The van der Waals surface area contributed by atoms with Crippen LogP contribution < -0.4 is 0 Å². The summed E-state index contributed by atoms with van der Waals surface area (Å²) in [6.07, 6.45) is 24.4. The van der Waals surface area contributed by atoms with Crippen molar-refractivity contribution in [3.8, 4) is 0 Å². The van der Waals surface area contributed by atoms with E-state index in [0.717, 1.165) is 51.4 Å². The number of carbonyl (C=O) groups is 2. The van der Waals surface area contributed by atoms with Gasteiger partial charge in [-0.1, -0.05) is 152 Å². The highest BCUT2D eigenvalue weighted by molar-refractivity contribution is 7.47. The van der Waals surface area contributed by atoms with Crippen LogP contribution >= 0.6 is 7.82 Å². The molecule has 60 heavy (non-hydrogen) atoms. The Balaban J connectivity index is 2.58. The normalized spacial score (nSPS) is 23.3. The van der Waals surface area contributed by atoms with Crippen molar-refractivity contribution in [3.63, 3.8) is 0 Å². The number of carbonyl (C=O) groups excluding carboxylic acids is 2. The van der Waals surface area contributed by atoms with Crippen LogP contribution in [0.15, 0.2) is 60.8 Å². The van der Waals surface area contributed by atoms with Gasteiger partial charge in [0.05, 0.1) is 12.7 Å². The minimum Gasteiger partial charge on any atom is -0.462 e. The Morgan fingerprint density at radius 2 is 1.08 bits per heavy atom. The lowest BCUT2D eigenvalue weighted by molar-refractivity contribution is -0.220. The fourth-order valence-corrected chi connectivity index (χ4v) is 7.35. The molecule has 1 rings (SSSR count). The van der Waals surface area contributed by atoms with Crippen molar-refractivity contribution in [2.45, 2.75) is 198 Å². The van der Waals surface area contributed by atoms with Gasteiger partial charge in [-0.3, -0.25) is 18.6 Å². The van der Waals surface area contributed by atoms with Crippen molar-refractivity contribution < 1.29 is 68.2 Å². The first-order chi connectivity index (χ1) is 28.8. The van der Waals surface area contributed by atoms with Crippen molar-refractivity contribution in [2.75, 3.05) is 13.2 Å². The van der Waals surface area contributed by atoms with Crippen molar-refractivity contribution in [3.05, 3.63) is 60.8 Å². The molecule has 0 bridgehead atoms. The third-order valence-electron chi connectivity index (χ3n) is 9.98. The number of unbranched alkanes of at least 4 members (excludes halogenated alkanes) is 12. The van der Waals surface area contributed by atoms with Gasteiger partial charge in [0.2, 0.25) is 0 Å². The number of ether oxygens (including phenoxy) is 2. The van der Waals surface area contributed by atoms with Crippen molar-refractivity contribution >= 4 is 19.8 Å². The van der Waals surface area contributed by atoms with Crippen LogP contribution in [-0.4, -0.2) is 110 Å². The number of hydrogen-bond acceptors (Lipinski definition) is 13. The van der Waals surface area contributed by atoms with E-state index in [4.69, 9.17) is 18.5 Å². The van der Waals surface area contributed by atoms with Crippen LogP contribution in [0.4, 0.5) is 0 Å². The lowest BCUT2D eigenvalue weighted by Gasteiger charge is -2.41. The Kier molecular flexibility index (Phi) is 32.4. The number of rotatable bonds is 35. The molecule has 1 fully saturated rings. The Bertz CT molecular complexity index is 1300. The molecule has 0 spiro atoms. The molecule has 1 aliphatic carbocycles. The van der Waals surface area contributed by atoms with Crippen LogP contribution in [0.1, 0.15) is 149 Å². The number of phosphoric acid groups is 1. The molecule has 0 amide bonds. The van der Waals surface area contributed by atoms with Gasteiger partial charge in [0.1, 0.15) is 43.2 Å². The molecule has 15 heteroatoms. The first-order valence-electron chi connectivity index (χ1n) is 22.2. The number of phosphoric ester groups is 1. The number of esters is 2. The Morgan fingerprint density at radius 1 is 0.600 bits per heavy atom. The zero-order valence-electron chi connectivity index (χ0n) is 36.1. The van der Waals surface area contributed by atoms with E-state index in [1.165, 1.54) is 51.4 Å². The molecular weight excluding hydrogens is 795 g/mol. The predicted octanol–water partition coefficient (Wildman–Crippen LogP) is 7.14. The lowest BCUT2D eigenvalue weighted by Crippen LogP contribution is -2.64. The highest BCUT2D eigenvalue weighted by Crippen LogP contribution is 2.47. The molecule has 0 aliphatic heterocycles. The van der Waals surface area contributed by atoms with E-state index >= 15 is 0 Å². The van der Waals surface area contributed by atoms with Gasteiger partial charge in [-0.2, -0.15) is 0 Å². The number of allylic oxidation sites excluding steroid dienone is 9. The average molecular weight is 873 g/mol. The third-order valence-corrected chi connectivity index (χ3v) is 11.0. The van der Waals surface area contributed by atoms with Crippen molar-refractivity contribution in [2.24, 2.45) is 0 Å². The maximum Gasteiger partial charge on any atom is 0.472 e. The smallest absolute Gasteiger partial charge is 0.462 e. The van der Waals surface area contributed by atoms with Crippen LogP contribution in [0.2, 0.25) is 0 Å². The molecule has 346 valence electrons. The second-order valence-corrected chi connectivity index (χ2v) is 16.8. The van der Waals surface area contributed by atoms with E-state index in [9.17, 15) is 49.7 Å². The van der Waals surface area contributed by atoms with Crippen LogP contribution in [0.5, 0.6) is 0 Å². The highest BCUT2D eigenvalue weighted by Gasteiger charge is 2.51. The first-order valence-corrected chi connectivity index (χ1v) is 23.7. The Labute approximate surface area is 358 Å². The Morgan fingerprint density at radius 3 is 1.63 bits per heavy atom.